The van der Waals surface area contributed by atoms with Crippen molar-refractivity contribution in [1.82, 2.24) is 19.6 Å². The van der Waals surface area contributed by atoms with Crippen molar-refractivity contribution in [2.24, 2.45) is 12.5 Å². The van der Waals surface area contributed by atoms with Crippen LogP contribution in [0.1, 0.15) is 75.9 Å². The molecule has 10 heteroatoms. The maximum absolute atomic E-state index is 13.1. The molecule has 31 heavy (non-hydrogen) atoms. The number of carbonyl (C=O) groups excluding carboxylic acids is 1. The molecule has 2 atom stereocenters. The first-order valence-corrected chi connectivity index (χ1v) is 10.3. The summed E-state index contributed by atoms with van der Waals surface area (Å²) in [6.45, 7) is 10.1. The fraction of sp³-hybridized carbons (Fsp3) is 0.667. The average molecular weight is 442 g/mol. The number of ether oxygens (including phenoxy) is 1. The van der Waals surface area contributed by atoms with Crippen LogP contribution in [-0.2, 0) is 34.7 Å². The van der Waals surface area contributed by atoms with E-state index in [0.29, 0.717) is 6.61 Å². The van der Waals surface area contributed by atoms with Gasteiger partial charge in [0.1, 0.15) is 5.69 Å². The monoisotopic (exact) mass is 442 g/mol. The quantitative estimate of drug-likeness (QED) is 0.735. The number of carbonyl (C=O) groups is 1. The summed E-state index contributed by atoms with van der Waals surface area (Å²) in [5, 5.41) is 5.52. The van der Waals surface area contributed by atoms with Gasteiger partial charge in [0.25, 0.3) is 5.56 Å². The number of hydrogen-bond acceptors (Lipinski definition) is 4. The molecule has 2 aromatic rings. The molecule has 2 aliphatic carbocycles. The highest BCUT2D eigenvalue weighted by atomic mass is 19.4. The number of halogens is 3. The largest absolute Gasteiger partial charge is 0.466 e. The zero-order valence-corrected chi connectivity index (χ0v) is 18.7. The van der Waals surface area contributed by atoms with Crippen molar-refractivity contribution in [2.75, 3.05) is 6.61 Å². The first-order chi connectivity index (χ1) is 14.3. The van der Waals surface area contributed by atoms with Gasteiger partial charge in [0.2, 0.25) is 0 Å². The first kappa shape index (κ1) is 23.1. The molecule has 1 saturated carbocycles. The van der Waals surface area contributed by atoms with Crippen molar-refractivity contribution in [1.29, 1.82) is 0 Å². The number of aromatic nitrogens is 4. The van der Waals surface area contributed by atoms with Crippen molar-refractivity contribution in [3.8, 4) is 0 Å². The van der Waals surface area contributed by atoms with Gasteiger partial charge < -0.3 is 4.74 Å². The van der Waals surface area contributed by atoms with E-state index in [-0.39, 0.29) is 40.4 Å². The van der Waals surface area contributed by atoms with Crippen LogP contribution in [0.2, 0.25) is 0 Å². The zero-order chi connectivity index (χ0) is 23.4. The molecule has 1 N–H and O–H groups in total. The lowest BCUT2D eigenvalue weighted by Crippen LogP contribution is -2.35. The van der Waals surface area contributed by atoms with Gasteiger partial charge in [-0.05, 0) is 31.1 Å². The Morgan fingerprint density at radius 2 is 2.00 bits per heavy atom. The predicted octanol–water partition coefficient (Wildman–Crippen LogP) is 3.72. The lowest BCUT2D eigenvalue weighted by Gasteiger charge is -2.36. The molecule has 2 heterocycles. The Hall–Kier alpha value is -2.52. The van der Waals surface area contributed by atoms with E-state index in [1.807, 2.05) is 5.10 Å². The lowest BCUT2D eigenvalue weighted by molar-refractivity contribution is -0.142. The van der Waals surface area contributed by atoms with E-state index < -0.39 is 11.9 Å². The van der Waals surface area contributed by atoms with E-state index in [1.165, 1.54) is 11.6 Å². The Balaban J connectivity index is 0.000000401. The van der Waals surface area contributed by atoms with Crippen LogP contribution in [-0.4, -0.2) is 32.1 Å². The van der Waals surface area contributed by atoms with E-state index in [4.69, 9.17) is 0 Å². The summed E-state index contributed by atoms with van der Waals surface area (Å²) in [4.78, 5) is 22.8. The molecule has 0 aromatic carbocycles. The molecule has 2 bridgehead atoms. The number of nitrogens with zero attached hydrogens (tertiary/aromatic N) is 3. The molecule has 1 fully saturated rings. The van der Waals surface area contributed by atoms with Gasteiger partial charge in [-0.1, -0.05) is 20.8 Å². The molecule has 0 unspecified atom stereocenters. The van der Waals surface area contributed by atoms with Crippen LogP contribution in [0, 0.1) is 5.41 Å². The molecule has 0 aliphatic heterocycles. The number of fused-ring (bicyclic) bond motifs is 5. The molecule has 0 amide bonds. The number of alkyl halides is 3. The second kappa shape index (κ2) is 7.56. The van der Waals surface area contributed by atoms with Gasteiger partial charge in [0.15, 0.2) is 0 Å². The van der Waals surface area contributed by atoms with Crippen molar-refractivity contribution < 1.29 is 22.7 Å². The smallest absolute Gasteiger partial charge is 0.433 e. The minimum absolute atomic E-state index is 0.0134. The van der Waals surface area contributed by atoms with E-state index >= 15 is 0 Å². The maximum atomic E-state index is 13.1. The summed E-state index contributed by atoms with van der Waals surface area (Å²) in [6.07, 6.45) is -1.42. The third-order valence-electron chi connectivity index (χ3n) is 7.17. The van der Waals surface area contributed by atoms with Crippen molar-refractivity contribution in [3.05, 3.63) is 39.1 Å². The third-order valence-corrected chi connectivity index (χ3v) is 7.17. The van der Waals surface area contributed by atoms with Crippen LogP contribution in [0.25, 0.3) is 0 Å². The molecule has 2 aliphatic rings. The van der Waals surface area contributed by atoms with Gasteiger partial charge in [-0.2, -0.15) is 18.3 Å². The fourth-order valence-electron chi connectivity index (χ4n) is 5.29. The maximum Gasteiger partial charge on any atom is 0.433 e. The minimum Gasteiger partial charge on any atom is -0.466 e. The van der Waals surface area contributed by atoms with E-state index in [0.717, 1.165) is 30.3 Å². The van der Waals surface area contributed by atoms with Crippen LogP contribution >= 0.6 is 0 Å². The van der Waals surface area contributed by atoms with Crippen LogP contribution in [0.15, 0.2) is 11.0 Å². The summed E-state index contributed by atoms with van der Waals surface area (Å²) >= 11 is 0. The Morgan fingerprint density at radius 1 is 1.35 bits per heavy atom. The van der Waals surface area contributed by atoms with Gasteiger partial charge in [-0.25, -0.2) is 4.68 Å². The third kappa shape index (κ3) is 3.49. The number of H-pyrrole nitrogens is 1. The summed E-state index contributed by atoms with van der Waals surface area (Å²) in [5.74, 6) is -0.0450. The number of hydrogen-bond donors (Lipinski definition) is 1. The normalized spacial score (nSPS) is 23.3. The van der Waals surface area contributed by atoms with Gasteiger partial charge in [-0.15, -0.1) is 0 Å². The molecule has 172 valence electrons. The number of nitrogens with one attached hydrogen (secondary N) is 1. The average Bonchev–Trinajstić information content (AvgIpc) is 3.31. The predicted molar refractivity (Wildman–Crippen MR) is 108 cm³/mol. The standard InChI is InChI=1S/C17H21F3N4O.C4H8O2/c1-15(2)10-5-6-16(15,3)13-11(10)14(25)24(23(13)4)8-9-7-21-22-12(9)17(18,19)20;1-3-6-4(2)5/h7,10H,5-6,8H2,1-4H3,(H,21,22);3H2,1-2H3/t10-,16+;/m0./s1. The fourth-order valence-corrected chi connectivity index (χ4v) is 5.29. The SMILES string of the molecule is CCOC(C)=O.Cn1c2c(c(=O)n1Cc1cn[nH]c1C(F)(F)F)[C@@H]1CC[C@@]2(C)C1(C)C. The molecule has 4 rings (SSSR count). The second-order valence-corrected chi connectivity index (χ2v) is 8.99. The summed E-state index contributed by atoms with van der Waals surface area (Å²) in [5.41, 5.74) is 0.541. The van der Waals surface area contributed by atoms with Crippen LogP contribution < -0.4 is 5.56 Å². The molecule has 2 aromatic heterocycles. The topological polar surface area (TPSA) is 81.9 Å². The van der Waals surface area contributed by atoms with Gasteiger partial charge >= 0.3 is 12.1 Å². The zero-order valence-electron chi connectivity index (χ0n) is 18.7. The van der Waals surface area contributed by atoms with Gasteiger partial charge in [0, 0.05) is 30.5 Å². The molecular weight excluding hydrogens is 413 g/mol. The van der Waals surface area contributed by atoms with Crippen LogP contribution in [0.5, 0.6) is 0 Å². The molecular formula is C21H29F3N4O3. The Kier molecular flexibility index (Phi) is 5.65. The molecule has 0 radical (unpaired) electrons. The van der Waals surface area contributed by atoms with Crippen LogP contribution in [0.4, 0.5) is 13.2 Å². The summed E-state index contributed by atoms with van der Waals surface area (Å²) in [6, 6.07) is 0. The van der Waals surface area contributed by atoms with Gasteiger partial charge in [-0.3, -0.25) is 19.4 Å². The van der Waals surface area contributed by atoms with Crippen molar-refractivity contribution >= 4 is 5.97 Å². The highest BCUT2D eigenvalue weighted by Crippen LogP contribution is 2.66. The Morgan fingerprint density at radius 3 is 2.48 bits per heavy atom. The first-order valence-electron chi connectivity index (χ1n) is 10.3. The summed E-state index contributed by atoms with van der Waals surface area (Å²) in [7, 11) is 1.77. The van der Waals surface area contributed by atoms with Gasteiger partial charge in [0.05, 0.1) is 25.0 Å². The van der Waals surface area contributed by atoms with E-state index in [2.05, 4.69) is 30.6 Å². The number of rotatable bonds is 3. The van der Waals surface area contributed by atoms with E-state index in [9.17, 15) is 22.8 Å². The Bertz CT molecular complexity index is 1050. The lowest BCUT2D eigenvalue weighted by atomic mass is 9.70. The van der Waals surface area contributed by atoms with E-state index in [1.54, 1.807) is 18.7 Å². The molecule has 7 nitrogen and oxygen atoms in total. The molecule has 0 saturated heterocycles. The van der Waals surface area contributed by atoms with Crippen LogP contribution in [0.3, 0.4) is 0 Å². The summed E-state index contributed by atoms with van der Waals surface area (Å²) < 4.78 is 46.8. The minimum atomic E-state index is -4.52. The molecule has 0 spiro atoms. The second-order valence-electron chi connectivity index (χ2n) is 8.99. The highest BCUT2D eigenvalue weighted by Gasteiger charge is 2.62. The Labute approximate surface area is 178 Å². The highest BCUT2D eigenvalue weighted by molar-refractivity contribution is 5.65. The number of esters is 1. The van der Waals surface area contributed by atoms with Crippen molar-refractivity contribution in [3.63, 3.8) is 0 Å². The van der Waals surface area contributed by atoms with Crippen molar-refractivity contribution in [2.45, 2.75) is 71.5 Å². The number of aromatic amines is 1.